The molecule has 16 heteroatoms. The van der Waals surface area contributed by atoms with Crippen LogP contribution in [-0.4, -0.2) is 93.8 Å². The third-order valence-electron chi connectivity index (χ3n) is 6.85. The van der Waals surface area contributed by atoms with Gasteiger partial charge < -0.3 is 42.0 Å². The number of methoxy groups -OCH3 is 1. The molecule has 7 N–H and O–H groups in total. The van der Waals surface area contributed by atoms with E-state index >= 15 is 0 Å². The van der Waals surface area contributed by atoms with Crippen molar-refractivity contribution in [3.05, 3.63) is 0 Å². The molecule has 0 heterocycles. The predicted octanol–water partition coefficient (Wildman–Crippen LogP) is -0.289. The summed E-state index contributed by atoms with van der Waals surface area (Å²) in [6.07, 6.45) is 0. The number of esters is 1. The highest BCUT2D eigenvalue weighted by Gasteiger charge is 2.42. The molecule has 15 nitrogen and oxygen atoms in total. The molecule has 0 aliphatic rings. The molecule has 0 saturated heterocycles. The van der Waals surface area contributed by atoms with Gasteiger partial charge in [0.15, 0.2) is 0 Å². The standard InChI is InChI=1S/C30H53N7O8S/c1-16(2)19(32-17(3)38)20(39)34-27(6,7)22(41)36-29(10,11)24(43)37-28(8,9)23(42)35-26(4,5)21(40)31-15-18(46)33-30(12,13)25(44)45-14/h16,19H,15H2,1-14H3,(H,31,40)(H,32,38)(H,33,46)(H,34,39)(H,35,42)(H,36,41)(H,37,43)/t19-/m0/s1. The van der Waals surface area contributed by atoms with Gasteiger partial charge in [0.25, 0.3) is 0 Å². The second-order valence-electron chi connectivity index (χ2n) is 14.1. The third-order valence-corrected chi connectivity index (χ3v) is 7.10. The fraction of sp³-hybridized carbons (Fsp3) is 0.733. The molecule has 0 fully saturated rings. The number of carbonyl (C=O) groups excluding carboxylic acids is 7. The van der Waals surface area contributed by atoms with Crippen molar-refractivity contribution < 1.29 is 38.3 Å². The van der Waals surface area contributed by atoms with Crippen LogP contribution in [0.2, 0.25) is 0 Å². The fourth-order valence-corrected chi connectivity index (χ4v) is 4.09. The minimum atomic E-state index is -1.54. The molecule has 0 aromatic carbocycles. The van der Waals surface area contributed by atoms with Gasteiger partial charge in [0.05, 0.1) is 18.6 Å². The average molecular weight is 672 g/mol. The molecule has 0 aliphatic heterocycles. The first kappa shape index (κ1) is 42.2. The largest absolute Gasteiger partial charge is 0.467 e. The summed E-state index contributed by atoms with van der Waals surface area (Å²) in [6.45, 7) is 19.3. The highest BCUT2D eigenvalue weighted by atomic mass is 32.1. The maximum absolute atomic E-state index is 13.3. The van der Waals surface area contributed by atoms with E-state index in [-0.39, 0.29) is 17.5 Å². The van der Waals surface area contributed by atoms with Crippen molar-refractivity contribution >= 4 is 58.6 Å². The van der Waals surface area contributed by atoms with Gasteiger partial charge in [-0.15, -0.1) is 0 Å². The van der Waals surface area contributed by atoms with Crippen LogP contribution in [0.1, 0.15) is 90.0 Å². The zero-order chi connectivity index (χ0) is 36.6. The van der Waals surface area contributed by atoms with Gasteiger partial charge >= 0.3 is 5.97 Å². The Balaban J connectivity index is 5.42. The number of nitrogens with one attached hydrogen (secondary N) is 7. The molecule has 0 bridgehead atoms. The van der Waals surface area contributed by atoms with E-state index in [0.29, 0.717) is 0 Å². The molecule has 0 spiro atoms. The van der Waals surface area contributed by atoms with E-state index in [1.807, 2.05) is 0 Å². The Labute approximate surface area is 277 Å². The predicted molar refractivity (Wildman–Crippen MR) is 176 cm³/mol. The van der Waals surface area contributed by atoms with Crippen LogP contribution < -0.4 is 37.2 Å². The third kappa shape index (κ3) is 12.5. The Bertz CT molecular complexity index is 1230. The van der Waals surface area contributed by atoms with Crippen molar-refractivity contribution in [1.82, 2.24) is 37.2 Å². The lowest BCUT2D eigenvalue weighted by Crippen LogP contribution is -2.68. The maximum atomic E-state index is 13.3. The molecule has 6 amide bonds. The molecule has 0 radical (unpaired) electrons. The lowest BCUT2D eigenvalue weighted by Gasteiger charge is -2.36. The maximum Gasteiger partial charge on any atom is 0.330 e. The number of rotatable bonds is 15. The lowest BCUT2D eigenvalue weighted by atomic mass is 9.94. The molecule has 0 saturated carbocycles. The van der Waals surface area contributed by atoms with E-state index in [2.05, 4.69) is 37.2 Å². The van der Waals surface area contributed by atoms with Crippen LogP contribution in [0.25, 0.3) is 0 Å². The van der Waals surface area contributed by atoms with Gasteiger partial charge in [0.1, 0.15) is 33.7 Å². The summed E-state index contributed by atoms with van der Waals surface area (Å²) in [4.78, 5) is 89.0. The van der Waals surface area contributed by atoms with E-state index in [9.17, 15) is 33.6 Å². The minimum Gasteiger partial charge on any atom is -0.467 e. The van der Waals surface area contributed by atoms with Crippen molar-refractivity contribution in [2.45, 2.75) is 124 Å². The Hall–Kier alpha value is -3.82. The highest BCUT2D eigenvalue weighted by molar-refractivity contribution is 7.80. The summed E-state index contributed by atoms with van der Waals surface area (Å²) < 4.78 is 4.72. The molecule has 1 atom stereocenters. The summed E-state index contributed by atoms with van der Waals surface area (Å²) in [7, 11) is 1.24. The molecule has 262 valence electrons. The smallest absolute Gasteiger partial charge is 0.330 e. The number of thiocarbonyl (C=S) groups is 1. The quantitative estimate of drug-likeness (QED) is 0.0893. The van der Waals surface area contributed by atoms with Crippen LogP contribution in [0, 0.1) is 5.92 Å². The van der Waals surface area contributed by atoms with Crippen LogP contribution in [-0.2, 0) is 38.3 Å². The molecular formula is C30H53N7O8S. The molecule has 0 aromatic heterocycles. The van der Waals surface area contributed by atoms with Gasteiger partial charge in [-0.3, -0.25) is 28.8 Å². The topological polar surface area (TPSA) is 213 Å². The number of hydrogen-bond donors (Lipinski definition) is 7. The molecule has 0 rings (SSSR count). The Morgan fingerprint density at radius 2 is 0.978 bits per heavy atom. The second-order valence-corrected chi connectivity index (χ2v) is 14.6. The van der Waals surface area contributed by atoms with Crippen LogP contribution >= 0.6 is 12.2 Å². The Morgan fingerprint density at radius 1 is 0.609 bits per heavy atom. The van der Waals surface area contributed by atoms with Gasteiger partial charge in [-0.2, -0.15) is 0 Å². The normalized spacial score (nSPS) is 13.0. The molecular weight excluding hydrogens is 618 g/mol. The van der Waals surface area contributed by atoms with Gasteiger partial charge in [-0.1, -0.05) is 26.1 Å². The van der Waals surface area contributed by atoms with Gasteiger partial charge in [0, 0.05) is 6.92 Å². The average Bonchev–Trinajstić information content (AvgIpc) is 2.87. The first-order valence-corrected chi connectivity index (χ1v) is 15.2. The molecule has 0 aliphatic carbocycles. The number of amides is 6. The summed E-state index contributed by atoms with van der Waals surface area (Å²) in [5, 5.41) is 18.4. The number of carbonyl (C=O) groups is 7. The SMILES string of the molecule is COC(=O)C(C)(C)NC(=S)CNC(=O)C(C)(C)NC(=O)C(C)(C)NC(=O)C(C)(C)NC(=O)C(C)(C)NC(=O)[C@@H](NC(C)=O)C(C)C. The van der Waals surface area contributed by atoms with Gasteiger partial charge in [-0.05, 0) is 75.2 Å². The summed E-state index contributed by atoms with van der Waals surface area (Å²) in [5.74, 6) is -4.45. The van der Waals surface area contributed by atoms with E-state index < -0.39 is 75.1 Å². The van der Waals surface area contributed by atoms with Crippen LogP contribution in [0.3, 0.4) is 0 Å². The number of ether oxygens (including phenoxy) is 1. The lowest BCUT2D eigenvalue weighted by molar-refractivity contribution is -0.146. The summed E-state index contributed by atoms with van der Waals surface area (Å²) >= 11 is 5.22. The van der Waals surface area contributed by atoms with E-state index in [0.717, 1.165) is 0 Å². The first-order valence-electron chi connectivity index (χ1n) is 14.8. The van der Waals surface area contributed by atoms with Crippen molar-refractivity contribution in [1.29, 1.82) is 0 Å². The first-order chi connectivity index (χ1) is 20.5. The van der Waals surface area contributed by atoms with Gasteiger partial charge in [0.2, 0.25) is 35.4 Å². The molecule has 46 heavy (non-hydrogen) atoms. The monoisotopic (exact) mass is 671 g/mol. The Kier molecular flexibility index (Phi) is 14.3. The molecule has 0 unspecified atom stereocenters. The summed E-state index contributed by atoms with van der Waals surface area (Å²) in [5.41, 5.74) is -7.12. The van der Waals surface area contributed by atoms with Crippen LogP contribution in [0.15, 0.2) is 0 Å². The van der Waals surface area contributed by atoms with Crippen molar-refractivity contribution in [3.8, 4) is 0 Å². The molecule has 0 aromatic rings. The van der Waals surface area contributed by atoms with E-state index in [1.165, 1.54) is 69.4 Å². The van der Waals surface area contributed by atoms with Crippen LogP contribution in [0.4, 0.5) is 0 Å². The van der Waals surface area contributed by atoms with Gasteiger partial charge in [-0.25, -0.2) is 4.79 Å². The van der Waals surface area contributed by atoms with Crippen LogP contribution in [0.5, 0.6) is 0 Å². The fourth-order valence-electron chi connectivity index (χ4n) is 3.77. The summed E-state index contributed by atoms with van der Waals surface area (Å²) in [6, 6.07) is -0.876. The zero-order valence-electron chi connectivity index (χ0n) is 29.5. The highest BCUT2D eigenvalue weighted by Crippen LogP contribution is 2.14. The Morgan fingerprint density at radius 3 is 1.33 bits per heavy atom. The number of hydrogen-bond acceptors (Lipinski definition) is 9. The van der Waals surface area contributed by atoms with E-state index in [1.54, 1.807) is 27.7 Å². The zero-order valence-corrected chi connectivity index (χ0v) is 30.4. The second kappa shape index (κ2) is 15.6. The van der Waals surface area contributed by atoms with Crippen molar-refractivity contribution in [2.75, 3.05) is 13.7 Å². The minimum absolute atomic E-state index is 0.121. The van der Waals surface area contributed by atoms with E-state index in [4.69, 9.17) is 17.0 Å². The van der Waals surface area contributed by atoms with Crippen molar-refractivity contribution in [3.63, 3.8) is 0 Å². The van der Waals surface area contributed by atoms with Crippen molar-refractivity contribution in [2.24, 2.45) is 5.92 Å².